The number of para-hydroxylation sites is 1. The minimum absolute atomic E-state index is 0.0487. The number of amides is 2. The first kappa shape index (κ1) is 19.3. The van der Waals surface area contributed by atoms with Crippen molar-refractivity contribution in [3.8, 4) is 5.75 Å². The van der Waals surface area contributed by atoms with Crippen molar-refractivity contribution in [1.29, 1.82) is 0 Å². The van der Waals surface area contributed by atoms with Crippen LogP contribution in [0, 0.1) is 0 Å². The van der Waals surface area contributed by atoms with Crippen molar-refractivity contribution in [1.82, 2.24) is 4.90 Å². The van der Waals surface area contributed by atoms with E-state index in [0.717, 1.165) is 49.6 Å². The molecule has 0 atom stereocenters. The summed E-state index contributed by atoms with van der Waals surface area (Å²) in [5, 5.41) is 2.88. The lowest BCUT2D eigenvalue weighted by Gasteiger charge is -2.36. The van der Waals surface area contributed by atoms with Crippen LogP contribution >= 0.6 is 0 Å². The lowest BCUT2D eigenvalue weighted by atomic mass is 10.0. The average Bonchev–Trinajstić information content (AvgIpc) is 2.77. The van der Waals surface area contributed by atoms with Crippen molar-refractivity contribution in [2.75, 3.05) is 43.0 Å². The minimum atomic E-state index is 0.0487. The summed E-state index contributed by atoms with van der Waals surface area (Å²) >= 11 is 0. The van der Waals surface area contributed by atoms with Crippen molar-refractivity contribution in [2.45, 2.75) is 25.7 Å². The summed E-state index contributed by atoms with van der Waals surface area (Å²) in [5.41, 5.74) is 3.20. The predicted octanol–water partition coefficient (Wildman–Crippen LogP) is 3.08. The molecular formula is C23H27N3O3. The Morgan fingerprint density at radius 1 is 1.00 bits per heavy atom. The number of nitrogens with one attached hydrogen (secondary N) is 1. The molecule has 2 amide bonds. The Morgan fingerprint density at radius 3 is 2.59 bits per heavy atom. The van der Waals surface area contributed by atoms with Crippen LogP contribution in [0.4, 0.5) is 11.4 Å². The fraction of sp³-hybridized carbons (Fsp3) is 0.391. The summed E-state index contributed by atoms with van der Waals surface area (Å²) in [7, 11) is 0. The molecule has 0 radical (unpaired) electrons. The van der Waals surface area contributed by atoms with Gasteiger partial charge in [-0.25, -0.2) is 0 Å². The van der Waals surface area contributed by atoms with Crippen LogP contribution in [0.1, 0.15) is 24.8 Å². The molecule has 0 saturated carbocycles. The van der Waals surface area contributed by atoms with Crippen LogP contribution in [0.5, 0.6) is 5.75 Å². The second-order valence-corrected chi connectivity index (χ2v) is 7.52. The molecule has 0 aliphatic carbocycles. The fourth-order valence-electron chi connectivity index (χ4n) is 3.87. The molecule has 1 N–H and O–H groups in total. The van der Waals surface area contributed by atoms with E-state index in [1.165, 1.54) is 5.69 Å². The lowest BCUT2D eigenvalue weighted by molar-refractivity contribution is -0.131. The van der Waals surface area contributed by atoms with E-state index in [2.05, 4.69) is 22.3 Å². The van der Waals surface area contributed by atoms with E-state index in [0.29, 0.717) is 25.9 Å². The Morgan fingerprint density at radius 2 is 1.79 bits per heavy atom. The van der Waals surface area contributed by atoms with Crippen molar-refractivity contribution in [2.24, 2.45) is 0 Å². The molecule has 4 rings (SSSR count). The molecule has 152 valence electrons. The number of carbonyl (C=O) groups excluding carboxylic acids is 2. The summed E-state index contributed by atoms with van der Waals surface area (Å²) in [4.78, 5) is 28.3. The Kier molecular flexibility index (Phi) is 5.98. The molecule has 29 heavy (non-hydrogen) atoms. The minimum Gasteiger partial charge on any atom is -0.494 e. The van der Waals surface area contributed by atoms with Gasteiger partial charge in [0.25, 0.3) is 0 Å². The third-order valence-corrected chi connectivity index (χ3v) is 5.53. The van der Waals surface area contributed by atoms with Gasteiger partial charge in [-0.05, 0) is 36.6 Å². The van der Waals surface area contributed by atoms with Gasteiger partial charge in [-0.1, -0.05) is 24.3 Å². The zero-order valence-corrected chi connectivity index (χ0v) is 16.6. The second kappa shape index (κ2) is 8.99. The third kappa shape index (κ3) is 4.88. The van der Waals surface area contributed by atoms with Gasteiger partial charge in [0.2, 0.25) is 11.8 Å². The highest BCUT2D eigenvalue weighted by molar-refractivity contribution is 5.94. The molecule has 0 unspecified atom stereocenters. The number of benzene rings is 2. The molecule has 2 aromatic rings. The zero-order valence-electron chi connectivity index (χ0n) is 16.6. The van der Waals surface area contributed by atoms with Gasteiger partial charge in [-0.3, -0.25) is 9.59 Å². The largest absolute Gasteiger partial charge is 0.494 e. The molecule has 2 aromatic carbocycles. The quantitative estimate of drug-likeness (QED) is 0.766. The van der Waals surface area contributed by atoms with Gasteiger partial charge in [0.1, 0.15) is 5.75 Å². The maximum Gasteiger partial charge on any atom is 0.224 e. The summed E-state index contributed by atoms with van der Waals surface area (Å²) in [6.45, 7) is 3.75. The van der Waals surface area contributed by atoms with E-state index >= 15 is 0 Å². The van der Waals surface area contributed by atoms with Crippen LogP contribution in [-0.4, -0.2) is 49.5 Å². The Balaban J connectivity index is 1.18. The summed E-state index contributed by atoms with van der Waals surface area (Å²) in [6.07, 6.45) is 2.48. The van der Waals surface area contributed by atoms with E-state index in [1.54, 1.807) is 0 Å². The fourth-order valence-corrected chi connectivity index (χ4v) is 3.87. The van der Waals surface area contributed by atoms with Gasteiger partial charge in [0.15, 0.2) is 0 Å². The van der Waals surface area contributed by atoms with E-state index in [4.69, 9.17) is 4.74 Å². The van der Waals surface area contributed by atoms with Crippen LogP contribution < -0.4 is 15.0 Å². The molecular weight excluding hydrogens is 366 g/mol. The number of hydrogen-bond acceptors (Lipinski definition) is 4. The smallest absolute Gasteiger partial charge is 0.224 e. The SMILES string of the molecule is O=C1CCc2ccc(OCCCC(=O)N3CCN(c4ccccc4)CC3)cc2N1. The van der Waals surface area contributed by atoms with Crippen molar-refractivity contribution in [3.05, 3.63) is 54.1 Å². The van der Waals surface area contributed by atoms with Crippen LogP contribution in [0.25, 0.3) is 0 Å². The number of fused-ring (bicyclic) bond motifs is 1. The number of ether oxygens (including phenoxy) is 1. The molecule has 1 saturated heterocycles. The third-order valence-electron chi connectivity index (χ3n) is 5.53. The monoisotopic (exact) mass is 393 g/mol. The standard InChI is InChI=1S/C23H27N3O3/c27-22-11-9-18-8-10-20(17-21(18)24-22)29-16-4-7-23(28)26-14-12-25(13-15-26)19-5-2-1-3-6-19/h1-3,5-6,8,10,17H,4,7,9,11-16H2,(H,24,27). The van der Waals surface area contributed by atoms with Gasteiger partial charge < -0.3 is 19.9 Å². The summed E-state index contributed by atoms with van der Waals surface area (Å²) < 4.78 is 5.79. The van der Waals surface area contributed by atoms with Crippen LogP contribution in [-0.2, 0) is 16.0 Å². The molecule has 0 bridgehead atoms. The molecule has 1 fully saturated rings. The first-order valence-corrected chi connectivity index (χ1v) is 10.3. The highest BCUT2D eigenvalue weighted by atomic mass is 16.5. The summed E-state index contributed by atoms with van der Waals surface area (Å²) in [5.74, 6) is 0.974. The number of nitrogens with zero attached hydrogens (tertiary/aromatic N) is 2. The number of hydrogen-bond donors (Lipinski definition) is 1. The van der Waals surface area contributed by atoms with Crippen molar-refractivity contribution >= 4 is 23.2 Å². The Hall–Kier alpha value is -3.02. The number of aryl methyl sites for hydroxylation is 1. The normalized spacial score (nSPS) is 16.2. The maximum absolute atomic E-state index is 12.5. The lowest BCUT2D eigenvalue weighted by Crippen LogP contribution is -2.48. The first-order valence-electron chi connectivity index (χ1n) is 10.3. The molecule has 2 aliphatic heterocycles. The van der Waals surface area contributed by atoms with E-state index in [1.807, 2.05) is 41.3 Å². The number of anilines is 2. The van der Waals surface area contributed by atoms with Crippen LogP contribution in [0.3, 0.4) is 0 Å². The number of rotatable bonds is 6. The van der Waals surface area contributed by atoms with E-state index in [9.17, 15) is 9.59 Å². The van der Waals surface area contributed by atoms with Gasteiger partial charge in [-0.2, -0.15) is 0 Å². The second-order valence-electron chi connectivity index (χ2n) is 7.52. The van der Waals surface area contributed by atoms with Crippen molar-refractivity contribution < 1.29 is 14.3 Å². The Labute approximate surface area is 171 Å². The molecule has 2 heterocycles. The van der Waals surface area contributed by atoms with Gasteiger partial charge >= 0.3 is 0 Å². The topological polar surface area (TPSA) is 61.9 Å². The first-order chi connectivity index (χ1) is 14.2. The van der Waals surface area contributed by atoms with Crippen LogP contribution in [0.15, 0.2) is 48.5 Å². The Bertz CT molecular complexity index is 861. The number of carbonyl (C=O) groups is 2. The van der Waals surface area contributed by atoms with Gasteiger partial charge in [0, 0.05) is 56.5 Å². The molecule has 0 aromatic heterocycles. The maximum atomic E-state index is 12.5. The zero-order chi connectivity index (χ0) is 20.1. The molecule has 0 spiro atoms. The highest BCUT2D eigenvalue weighted by Crippen LogP contribution is 2.27. The van der Waals surface area contributed by atoms with E-state index < -0.39 is 0 Å². The van der Waals surface area contributed by atoms with E-state index in [-0.39, 0.29) is 11.8 Å². The highest BCUT2D eigenvalue weighted by Gasteiger charge is 2.21. The number of piperazine rings is 1. The van der Waals surface area contributed by atoms with Gasteiger partial charge in [-0.15, -0.1) is 0 Å². The van der Waals surface area contributed by atoms with Crippen LogP contribution in [0.2, 0.25) is 0 Å². The van der Waals surface area contributed by atoms with Gasteiger partial charge in [0.05, 0.1) is 6.61 Å². The van der Waals surface area contributed by atoms with Crippen molar-refractivity contribution in [3.63, 3.8) is 0 Å². The molecule has 2 aliphatic rings. The average molecular weight is 393 g/mol. The molecule has 6 nitrogen and oxygen atoms in total. The predicted molar refractivity (Wildman–Crippen MR) is 113 cm³/mol. The summed E-state index contributed by atoms with van der Waals surface area (Å²) in [6, 6.07) is 16.1. The molecule has 6 heteroatoms.